The van der Waals surface area contributed by atoms with Crippen molar-refractivity contribution >= 4 is 21.5 Å². The van der Waals surface area contributed by atoms with Crippen LogP contribution in [0.3, 0.4) is 0 Å². The molecule has 0 radical (unpaired) electrons. The average Bonchev–Trinajstić information content (AvgIpc) is 2.37. The maximum atomic E-state index is 14.1. The topological polar surface area (TPSA) is 0 Å². The van der Waals surface area contributed by atoms with Crippen LogP contribution in [0.5, 0.6) is 0 Å². The van der Waals surface area contributed by atoms with Gasteiger partial charge in [-0.1, -0.05) is 57.2 Å². The van der Waals surface area contributed by atoms with E-state index in [1.807, 2.05) is 30.3 Å². The van der Waals surface area contributed by atoms with Crippen molar-refractivity contribution in [3.8, 4) is 0 Å². The second-order valence-corrected chi connectivity index (χ2v) is 6.09. The molecular formula is C18H17F. The number of hydrogen-bond donors (Lipinski definition) is 0. The molecule has 0 amide bonds. The van der Waals surface area contributed by atoms with Crippen LogP contribution in [0.25, 0.3) is 21.5 Å². The minimum Gasteiger partial charge on any atom is -0.206 e. The first-order chi connectivity index (χ1) is 8.97. The molecule has 3 aromatic carbocycles. The van der Waals surface area contributed by atoms with Gasteiger partial charge in [-0.3, -0.25) is 0 Å². The third-order valence-corrected chi connectivity index (χ3v) is 3.68. The zero-order valence-electron chi connectivity index (χ0n) is 11.5. The van der Waals surface area contributed by atoms with Crippen LogP contribution in [-0.2, 0) is 5.41 Å². The Kier molecular flexibility index (Phi) is 2.60. The van der Waals surface area contributed by atoms with Gasteiger partial charge >= 0.3 is 0 Å². The molecule has 0 aliphatic carbocycles. The van der Waals surface area contributed by atoms with Gasteiger partial charge < -0.3 is 0 Å². The summed E-state index contributed by atoms with van der Waals surface area (Å²) >= 11 is 0. The molecule has 3 rings (SSSR count). The van der Waals surface area contributed by atoms with Crippen LogP contribution in [0.2, 0.25) is 0 Å². The molecule has 0 spiro atoms. The SMILES string of the molecule is CC(C)(C)c1ccc2cc(F)c3ccccc3c2c1. The number of benzene rings is 3. The van der Waals surface area contributed by atoms with Gasteiger partial charge in [-0.2, -0.15) is 0 Å². The summed E-state index contributed by atoms with van der Waals surface area (Å²) in [6, 6.07) is 15.6. The first kappa shape index (κ1) is 12.2. The predicted octanol–water partition coefficient (Wildman–Crippen LogP) is 5.43. The van der Waals surface area contributed by atoms with E-state index in [0.29, 0.717) is 5.39 Å². The zero-order valence-corrected chi connectivity index (χ0v) is 11.5. The lowest BCUT2D eigenvalue weighted by molar-refractivity contribution is 0.591. The Bertz CT molecular complexity index is 764. The summed E-state index contributed by atoms with van der Waals surface area (Å²) in [5, 5.41) is 3.78. The van der Waals surface area contributed by atoms with Crippen molar-refractivity contribution in [3.63, 3.8) is 0 Å². The van der Waals surface area contributed by atoms with Crippen LogP contribution >= 0.6 is 0 Å². The Morgan fingerprint density at radius 1 is 0.789 bits per heavy atom. The fourth-order valence-electron chi connectivity index (χ4n) is 2.52. The Balaban J connectivity index is 2.44. The molecule has 0 fully saturated rings. The minimum atomic E-state index is -0.147. The molecule has 19 heavy (non-hydrogen) atoms. The Morgan fingerprint density at radius 2 is 1.47 bits per heavy atom. The molecule has 0 unspecified atom stereocenters. The minimum absolute atomic E-state index is 0.101. The van der Waals surface area contributed by atoms with Crippen molar-refractivity contribution in [3.05, 3.63) is 59.9 Å². The maximum absolute atomic E-state index is 14.1. The number of halogens is 1. The van der Waals surface area contributed by atoms with Crippen molar-refractivity contribution in [1.29, 1.82) is 0 Å². The normalized spacial score (nSPS) is 12.2. The Morgan fingerprint density at radius 3 is 2.16 bits per heavy atom. The highest BCUT2D eigenvalue weighted by molar-refractivity contribution is 6.07. The molecule has 0 heterocycles. The molecule has 0 saturated carbocycles. The van der Waals surface area contributed by atoms with Gasteiger partial charge in [0.15, 0.2) is 0 Å². The van der Waals surface area contributed by atoms with Crippen molar-refractivity contribution in [2.24, 2.45) is 0 Å². The van der Waals surface area contributed by atoms with Crippen molar-refractivity contribution in [2.75, 3.05) is 0 Å². The predicted molar refractivity (Wildman–Crippen MR) is 80.1 cm³/mol. The van der Waals surface area contributed by atoms with E-state index in [2.05, 4.69) is 32.9 Å². The molecular weight excluding hydrogens is 235 g/mol. The highest BCUT2D eigenvalue weighted by Crippen LogP contribution is 2.32. The fraction of sp³-hybridized carbons (Fsp3) is 0.222. The van der Waals surface area contributed by atoms with Gasteiger partial charge in [0, 0.05) is 5.39 Å². The summed E-state index contributed by atoms with van der Waals surface area (Å²) in [5.74, 6) is -0.147. The van der Waals surface area contributed by atoms with E-state index in [4.69, 9.17) is 0 Å². The Labute approximate surface area is 112 Å². The summed E-state index contributed by atoms with van der Waals surface area (Å²) in [4.78, 5) is 0. The smallest absolute Gasteiger partial charge is 0.131 e. The quantitative estimate of drug-likeness (QED) is 0.468. The number of hydrogen-bond acceptors (Lipinski definition) is 0. The van der Waals surface area contributed by atoms with Gasteiger partial charge in [0.05, 0.1) is 0 Å². The van der Waals surface area contributed by atoms with E-state index >= 15 is 0 Å². The van der Waals surface area contributed by atoms with E-state index in [1.54, 1.807) is 6.07 Å². The summed E-state index contributed by atoms with van der Waals surface area (Å²) in [5.41, 5.74) is 1.38. The summed E-state index contributed by atoms with van der Waals surface area (Å²) < 4.78 is 14.1. The lowest BCUT2D eigenvalue weighted by Crippen LogP contribution is -2.10. The molecule has 0 bridgehead atoms. The maximum Gasteiger partial charge on any atom is 0.131 e. The van der Waals surface area contributed by atoms with Crippen molar-refractivity contribution in [1.82, 2.24) is 0 Å². The average molecular weight is 252 g/mol. The standard InChI is InChI=1S/C18H17F/c1-18(2,3)13-9-8-12-10-17(19)15-7-5-4-6-14(15)16(12)11-13/h4-11H,1-3H3. The van der Waals surface area contributed by atoms with Crippen molar-refractivity contribution < 1.29 is 4.39 Å². The second-order valence-electron chi connectivity index (χ2n) is 6.09. The summed E-state index contributed by atoms with van der Waals surface area (Å²) in [7, 11) is 0. The highest BCUT2D eigenvalue weighted by atomic mass is 19.1. The molecule has 96 valence electrons. The Hall–Kier alpha value is -1.89. The molecule has 0 nitrogen and oxygen atoms in total. The molecule has 0 aromatic heterocycles. The third kappa shape index (κ3) is 1.99. The number of fused-ring (bicyclic) bond motifs is 3. The summed E-state index contributed by atoms with van der Waals surface area (Å²) in [6.07, 6.45) is 0. The highest BCUT2D eigenvalue weighted by Gasteiger charge is 2.15. The van der Waals surface area contributed by atoms with Gasteiger partial charge in [-0.15, -0.1) is 0 Å². The zero-order chi connectivity index (χ0) is 13.6. The van der Waals surface area contributed by atoms with Crippen LogP contribution in [-0.4, -0.2) is 0 Å². The van der Waals surface area contributed by atoms with Gasteiger partial charge in [-0.05, 0) is 39.3 Å². The fourth-order valence-corrected chi connectivity index (χ4v) is 2.52. The monoisotopic (exact) mass is 252 g/mol. The van der Waals surface area contributed by atoms with E-state index < -0.39 is 0 Å². The van der Waals surface area contributed by atoms with E-state index in [-0.39, 0.29) is 11.2 Å². The molecule has 0 atom stereocenters. The largest absolute Gasteiger partial charge is 0.206 e. The van der Waals surface area contributed by atoms with Crippen molar-refractivity contribution in [2.45, 2.75) is 26.2 Å². The first-order valence-corrected chi connectivity index (χ1v) is 6.58. The molecule has 0 aliphatic heterocycles. The van der Waals surface area contributed by atoms with Crippen LogP contribution < -0.4 is 0 Å². The van der Waals surface area contributed by atoms with Gasteiger partial charge in [0.25, 0.3) is 0 Å². The van der Waals surface area contributed by atoms with Crippen LogP contribution in [0.1, 0.15) is 26.3 Å². The van der Waals surface area contributed by atoms with E-state index in [0.717, 1.165) is 16.2 Å². The third-order valence-electron chi connectivity index (χ3n) is 3.68. The molecule has 0 aliphatic rings. The van der Waals surface area contributed by atoms with Crippen LogP contribution in [0, 0.1) is 5.82 Å². The first-order valence-electron chi connectivity index (χ1n) is 6.58. The van der Waals surface area contributed by atoms with Crippen LogP contribution in [0.4, 0.5) is 4.39 Å². The van der Waals surface area contributed by atoms with Gasteiger partial charge in [0.2, 0.25) is 0 Å². The van der Waals surface area contributed by atoms with E-state index in [9.17, 15) is 4.39 Å². The van der Waals surface area contributed by atoms with E-state index in [1.165, 1.54) is 5.56 Å². The molecule has 1 heteroatoms. The lowest BCUT2D eigenvalue weighted by atomic mass is 9.85. The molecule has 0 saturated heterocycles. The second kappa shape index (κ2) is 4.06. The molecule has 0 N–H and O–H groups in total. The van der Waals surface area contributed by atoms with Gasteiger partial charge in [-0.25, -0.2) is 4.39 Å². The summed E-state index contributed by atoms with van der Waals surface area (Å²) in [6.45, 7) is 6.58. The van der Waals surface area contributed by atoms with Gasteiger partial charge in [0.1, 0.15) is 5.82 Å². The molecule has 3 aromatic rings. The van der Waals surface area contributed by atoms with Crippen LogP contribution in [0.15, 0.2) is 48.5 Å². The lowest BCUT2D eigenvalue weighted by Gasteiger charge is -2.20. The number of rotatable bonds is 0.